The number of nitrogens with zero attached hydrogens (tertiary/aromatic N) is 1. The van der Waals surface area contributed by atoms with Crippen LogP contribution in [0.1, 0.15) is 49.0 Å². The van der Waals surface area contributed by atoms with E-state index in [0.717, 1.165) is 0 Å². The van der Waals surface area contributed by atoms with Crippen molar-refractivity contribution < 1.29 is 45.1 Å². The predicted molar refractivity (Wildman–Crippen MR) is 116 cm³/mol. The van der Waals surface area contributed by atoms with Crippen molar-refractivity contribution in [3.05, 3.63) is 99.1 Å². The zero-order valence-electron chi connectivity index (χ0n) is 18.9. The molecule has 3 aromatic carbocycles. The summed E-state index contributed by atoms with van der Waals surface area (Å²) in [5, 5.41) is 1.54. The molecule has 0 saturated carbocycles. The number of benzene rings is 3. The van der Waals surface area contributed by atoms with Crippen LogP contribution in [0.2, 0.25) is 0 Å². The van der Waals surface area contributed by atoms with Gasteiger partial charge in [0, 0.05) is 0 Å². The number of nitrogens with one attached hydrogen (secondary N) is 1. The summed E-state index contributed by atoms with van der Waals surface area (Å²) in [5.41, 5.74) is -3.68. The largest absolute Gasteiger partial charge is 0.422 e. The molecule has 4 rings (SSSR count). The zero-order valence-corrected chi connectivity index (χ0v) is 18.9. The highest BCUT2D eigenvalue weighted by molar-refractivity contribution is 6.23. The Hall–Kier alpha value is -4.22. The molecule has 1 atom stereocenters. The molecule has 1 aliphatic rings. The van der Waals surface area contributed by atoms with Crippen LogP contribution in [-0.4, -0.2) is 22.6 Å². The minimum atomic E-state index is -5.78. The lowest BCUT2D eigenvalue weighted by atomic mass is 9.99. The lowest BCUT2D eigenvalue weighted by Gasteiger charge is -2.27. The number of hydrogen-bond donors (Lipinski definition) is 1. The van der Waals surface area contributed by atoms with E-state index in [4.69, 9.17) is 0 Å². The van der Waals surface area contributed by atoms with Crippen LogP contribution < -0.4 is 5.32 Å². The average molecular weight is 524 g/mol. The van der Waals surface area contributed by atoms with Crippen LogP contribution in [-0.2, 0) is 11.0 Å². The Labute approximate surface area is 204 Å². The fourth-order valence-electron chi connectivity index (χ4n) is 4.21. The van der Waals surface area contributed by atoms with Crippen LogP contribution in [0.4, 0.5) is 36.4 Å². The molecule has 0 aromatic heterocycles. The van der Waals surface area contributed by atoms with Crippen molar-refractivity contribution in [2.75, 3.05) is 5.32 Å². The lowest BCUT2D eigenvalue weighted by Crippen LogP contribution is -2.41. The van der Waals surface area contributed by atoms with Gasteiger partial charge in [-0.3, -0.25) is 19.3 Å². The Bertz CT molecular complexity index is 1400. The van der Waals surface area contributed by atoms with Crippen molar-refractivity contribution >= 4 is 23.4 Å². The summed E-state index contributed by atoms with van der Waals surface area (Å²) in [4.78, 5) is 40.0. The van der Waals surface area contributed by atoms with E-state index in [1.54, 1.807) is 19.9 Å². The van der Waals surface area contributed by atoms with Gasteiger partial charge in [-0.2, -0.15) is 13.2 Å². The maximum absolute atomic E-state index is 14.5. The standard InChI is InChI=1S/C25H15F7N2O3/c1-10-7-11(2)9-12(8-10)21(34-23(36)13-5-3-4-6-14(13)24(34)37)22(35)33-20-18(28)16(26)15(25(30,31)32)17(27)19(20)29/h3-9,21H,1-2H3,(H,33,35). The van der Waals surface area contributed by atoms with Gasteiger partial charge >= 0.3 is 6.18 Å². The predicted octanol–water partition coefficient (Wildman–Crippen LogP) is 5.85. The summed E-state index contributed by atoms with van der Waals surface area (Å²) in [5.74, 6) is -14.0. The molecule has 0 fully saturated rings. The van der Waals surface area contributed by atoms with Gasteiger partial charge in [0.1, 0.15) is 17.3 Å². The van der Waals surface area contributed by atoms with E-state index in [-0.39, 0.29) is 16.7 Å². The van der Waals surface area contributed by atoms with Crippen LogP contribution >= 0.6 is 0 Å². The number of fused-ring (bicyclic) bond motifs is 1. The molecule has 0 aliphatic carbocycles. The van der Waals surface area contributed by atoms with Gasteiger partial charge in [0.25, 0.3) is 17.7 Å². The highest BCUT2D eigenvalue weighted by Crippen LogP contribution is 2.39. The van der Waals surface area contributed by atoms with E-state index in [0.29, 0.717) is 16.0 Å². The Morgan fingerprint density at radius 2 is 1.27 bits per heavy atom. The Morgan fingerprint density at radius 1 is 0.811 bits per heavy atom. The van der Waals surface area contributed by atoms with Crippen LogP contribution in [0, 0.1) is 37.1 Å². The SMILES string of the molecule is Cc1cc(C)cc(C(C(=O)Nc2c(F)c(F)c(C(F)(F)F)c(F)c2F)N2C(=O)c3ccccc3C2=O)c1. The first-order chi connectivity index (χ1) is 17.2. The zero-order chi connectivity index (χ0) is 27.4. The topological polar surface area (TPSA) is 66.5 Å². The van der Waals surface area contributed by atoms with Gasteiger partial charge in [-0.05, 0) is 31.5 Å². The second-order valence-electron chi connectivity index (χ2n) is 8.34. The maximum atomic E-state index is 14.5. The van der Waals surface area contributed by atoms with Gasteiger partial charge in [-0.25, -0.2) is 17.6 Å². The summed E-state index contributed by atoms with van der Waals surface area (Å²) in [6.07, 6.45) is -5.78. The van der Waals surface area contributed by atoms with E-state index in [9.17, 15) is 45.1 Å². The number of rotatable bonds is 4. The molecule has 1 N–H and O–H groups in total. The highest BCUT2D eigenvalue weighted by atomic mass is 19.4. The van der Waals surface area contributed by atoms with Gasteiger partial charge in [0.15, 0.2) is 23.3 Å². The second kappa shape index (κ2) is 9.02. The molecule has 1 heterocycles. The molecule has 0 spiro atoms. The average Bonchev–Trinajstić information content (AvgIpc) is 3.05. The third-order valence-corrected chi connectivity index (χ3v) is 5.69. The number of carbonyl (C=O) groups excluding carboxylic acids is 3. The Kier molecular flexibility index (Phi) is 6.30. The number of imide groups is 1. The molecule has 5 nitrogen and oxygen atoms in total. The van der Waals surface area contributed by atoms with Crippen molar-refractivity contribution in [1.82, 2.24) is 4.90 Å². The number of amides is 3. The monoisotopic (exact) mass is 524 g/mol. The van der Waals surface area contributed by atoms with E-state index in [1.165, 1.54) is 41.7 Å². The van der Waals surface area contributed by atoms with E-state index in [1.807, 2.05) is 0 Å². The first kappa shape index (κ1) is 25.9. The van der Waals surface area contributed by atoms with Crippen molar-refractivity contribution in [2.24, 2.45) is 0 Å². The normalized spacial score (nSPS) is 14.1. The summed E-state index contributed by atoms with van der Waals surface area (Å²) in [6.45, 7) is 3.24. The quantitative estimate of drug-likeness (QED) is 0.264. The van der Waals surface area contributed by atoms with Crippen molar-refractivity contribution in [3.8, 4) is 0 Å². The molecule has 0 saturated heterocycles. The Balaban J connectivity index is 1.85. The fourth-order valence-corrected chi connectivity index (χ4v) is 4.21. The molecular weight excluding hydrogens is 509 g/mol. The molecule has 3 amide bonds. The molecule has 12 heteroatoms. The molecule has 3 aromatic rings. The van der Waals surface area contributed by atoms with Gasteiger partial charge in [-0.1, -0.05) is 41.5 Å². The third-order valence-electron chi connectivity index (χ3n) is 5.69. The number of hydrogen-bond acceptors (Lipinski definition) is 3. The van der Waals surface area contributed by atoms with Crippen LogP contribution in [0.15, 0.2) is 42.5 Å². The van der Waals surface area contributed by atoms with Gasteiger partial charge in [0.05, 0.1) is 11.1 Å². The molecule has 192 valence electrons. The van der Waals surface area contributed by atoms with E-state index >= 15 is 0 Å². The summed E-state index contributed by atoms with van der Waals surface area (Å²) in [6, 6.07) is 8.09. The number of halogens is 7. The number of alkyl halides is 3. The molecule has 0 bridgehead atoms. The van der Waals surface area contributed by atoms with E-state index < -0.39 is 64.5 Å². The summed E-state index contributed by atoms with van der Waals surface area (Å²) < 4.78 is 96.0. The molecule has 0 radical (unpaired) electrons. The first-order valence-electron chi connectivity index (χ1n) is 10.5. The smallest absolute Gasteiger partial charge is 0.319 e. The van der Waals surface area contributed by atoms with Crippen LogP contribution in [0.5, 0.6) is 0 Å². The molecular formula is C25H15F7N2O3. The van der Waals surface area contributed by atoms with Crippen molar-refractivity contribution in [3.63, 3.8) is 0 Å². The van der Waals surface area contributed by atoms with E-state index in [2.05, 4.69) is 0 Å². The van der Waals surface area contributed by atoms with Crippen LogP contribution in [0.25, 0.3) is 0 Å². The fraction of sp³-hybridized carbons (Fsp3) is 0.160. The number of carbonyl (C=O) groups is 3. The highest BCUT2D eigenvalue weighted by Gasteiger charge is 2.46. The van der Waals surface area contributed by atoms with Gasteiger partial charge in [-0.15, -0.1) is 0 Å². The Morgan fingerprint density at radius 3 is 1.70 bits per heavy atom. The molecule has 1 unspecified atom stereocenters. The van der Waals surface area contributed by atoms with Crippen LogP contribution in [0.3, 0.4) is 0 Å². The van der Waals surface area contributed by atoms with Gasteiger partial charge < -0.3 is 5.32 Å². The lowest BCUT2D eigenvalue weighted by molar-refractivity contribution is -0.143. The third kappa shape index (κ3) is 4.32. The van der Waals surface area contributed by atoms with Crippen molar-refractivity contribution in [2.45, 2.75) is 26.1 Å². The number of anilines is 1. The number of aryl methyl sites for hydroxylation is 2. The minimum Gasteiger partial charge on any atom is -0.319 e. The van der Waals surface area contributed by atoms with Crippen molar-refractivity contribution in [1.29, 1.82) is 0 Å². The summed E-state index contributed by atoms with van der Waals surface area (Å²) in [7, 11) is 0. The molecule has 1 aliphatic heterocycles. The van der Waals surface area contributed by atoms with Gasteiger partial charge in [0.2, 0.25) is 0 Å². The maximum Gasteiger partial charge on any atom is 0.422 e. The molecule has 37 heavy (non-hydrogen) atoms. The summed E-state index contributed by atoms with van der Waals surface area (Å²) >= 11 is 0. The second-order valence-corrected chi connectivity index (χ2v) is 8.34. The first-order valence-corrected chi connectivity index (χ1v) is 10.5. The minimum absolute atomic E-state index is 0.00169.